The monoisotopic (exact) mass is 304 g/mol. The van der Waals surface area contributed by atoms with E-state index in [-0.39, 0.29) is 25.0 Å². The maximum Gasteiger partial charge on any atom is 0.434 e. The molecule has 116 valence electrons. The normalized spacial score (nSPS) is 18.8. The van der Waals surface area contributed by atoms with Crippen LogP contribution in [0.2, 0.25) is 0 Å². The highest BCUT2D eigenvalue weighted by Crippen LogP contribution is 2.31. The van der Waals surface area contributed by atoms with Gasteiger partial charge < -0.3 is 9.47 Å². The largest absolute Gasteiger partial charge is 0.462 e. The second kappa shape index (κ2) is 6.38. The van der Waals surface area contributed by atoms with Crippen LogP contribution in [0.3, 0.4) is 0 Å². The summed E-state index contributed by atoms with van der Waals surface area (Å²) in [6, 6.07) is 0. The molecule has 0 spiro atoms. The molecule has 0 N–H and O–H groups in total. The first-order valence-electron chi connectivity index (χ1n) is 6.63. The minimum atomic E-state index is -4.74. The van der Waals surface area contributed by atoms with Gasteiger partial charge in [-0.3, -0.25) is 0 Å². The Bertz CT molecular complexity index is 514. The zero-order valence-corrected chi connectivity index (χ0v) is 11.4. The molecule has 0 aliphatic carbocycles. The quantitative estimate of drug-likeness (QED) is 0.799. The summed E-state index contributed by atoms with van der Waals surface area (Å²) in [6.07, 6.45) is -2.19. The van der Waals surface area contributed by atoms with Crippen molar-refractivity contribution in [3.63, 3.8) is 0 Å². The minimum Gasteiger partial charge on any atom is -0.462 e. The number of nitrogens with zero attached hydrogens (tertiary/aromatic N) is 2. The van der Waals surface area contributed by atoms with Gasteiger partial charge in [-0.15, -0.1) is 0 Å². The summed E-state index contributed by atoms with van der Waals surface area (Å²) in [6.45, 7) is 2.09. The molecule has 0 bridgehead atoms. The molecule has 1 unspecified atom stereocenters. The Hall–Kier alpha value is -1.70. The maximum atomic E-state index is 13.0. The van der Waals surface area contributed by atoms with Crippen LogP contribution in [0.1, 0.15) is 41.6 Å². The van der Waals surface area contributed by atoms with E-state index in [0.29, 0.717) is 6.61 Å². The Morgan fingerprint density at radius 1 is 1.52 bits per heavy atom. The van der Waals surface area contributed by atoms with Gasteiger partial charge in [-0.05, 0) is 19.8 Å². The van der Waals surface area contributed by atoms with E-state index in [0.717, 1.165) is 19.0 Å². The van der Waals surface area contributed by atoms with Crippen molar-refractivity contribution in [1.29, 1.82) is 0 Å². The average Bonchev–Trinajstić information content (AvgIpc) is 2.91. The molecule has 1 atom stereocenters. The lowest BCUT2D eigenvalue weighted by Gasteiger charge is -2.13. The number of aromatic nitrogens is 2. The van der Waals surface area contributed by atoms with Crippen LogP contribution in [-0.4, -0.2) is 35.3 Å². The summed E-state index contributed by atoms with van der Waals surface area (Å²) in [5.41, 5.74) is -1.93. The van der Waals surface area contributed by atoms with Gasteiger partial charge in [0.1, 0.15) is 11.4 Å². The number of carbonyl (C=O) groups excluding carboxylic acids is 1. The molecule has 0 saturated carbocycles. The molecule has 2 rings (SSSR count). The van der Waals surface area contributed by atoms with Gasteiger partial charge in [-0.25, -0.2) is 14.8 Å². The maximum absolute atomic E-state index is 13.0. The van der Waals surface area contributed by atoms with Gasteiger partial charge in [-0.1, -0.05) is 0 Å². The van der Waals surface area contributed by atoms with Gasteiger partial charge in [0.25, 0.3) is 0 Å². The third kappa shape index (κ3) is 3.90. The Kier molecular flexibility index (Phi) is 4.76. The number of hydrogen-bond acceptors (Lipinski definition) is 5. The van der Waals surface area contributed by atoms with Crippen molar-refractivity contribution >= 4 is 5.97 Å². The number of rotatable bonds is 4. The Balaban J connectivity index is 2.28. The molecule has 1 aliphatic heterocycles. The topological polar surface area (TPSA) is 61.3 Å². The van der Waals surface area contributed by atoms with Crippen molar-refractivity contribution in [2.75, 3.05) is 13.2 Å². The molecule has 5 nitrogen and oxygen atoms in total. The summed E-state index contributed by atoms with van der Waals surface area (Å²) < 4.78 is 49.0. The van der Waals surface area contributed by atoms with Crippen LogP contribution in [0.25, 0.3) is 0 Å². The SMILES string of the molecule is CCOC(=O)c1cnc(CC2CCCO2)nc1C(F)(F)F. The smallest absolute Gasteiger partial charge is 0.434 e. The van der Waals surface area contributed by atoms with E-state index in [1.54, 1.807) is 0 Å². The summed E-state index contributed by atoms with van der Waals surface area (Å²) in [4.78, 5) is 18.9. The summed E-state index contributed by atoms with van der Waals surface area (Å²) in [5, 5.41) is 0. The minimum absolute atomic E-state index is 0.0160. The lowest BCUT2D eigenvalue weighted by molar-refractivity contribution is -0.142. The molecule has 1 aromatic rings. The van der Waals surface area contributed by atoms with Crippen molar-refractivity contribution in [3.05, 3.63) is 23.3 Å². The molecule has 8 heteroatoms. The summed E-state index contributed by atoms with van der Waals surface area (Å²) in [5.74, 6) is -1.06. The fraction of sp³-hybridized carbons (Fsp3) is 0.615. The number of hydrogen-bond donors (Lipinski definition) is 0. The lowest BCUT2D eigenvalue weighted by Crippen LogP contribution is -2.21. The van der Waals surface area contributed by atoms with Crippen LogP contribution in [0, 0.1) is 0 Å². The fourth-order valence-corrected chi connectivity index (χ4v) is 2.10. The van der Waals surface area contributed by atoms with Gasteiger partial charge in [0.15, 0.2) is 5.69 Å². The van der Waals surface area contributed by atoms with Gasteiger partial charge in [-0.2, -0.15) is 13.2 Å². The fourth-order valence-electron chi connectivity index (χ4n) is 2.10. The highest BCUT2D eigenvalue weighted by molar-refractivity contribution is 5.90. The number of esters is 1. The first-order chi connectivity index (χ1) is 9.91. The highest BCUT2D eigenvalue weighted by atomic mass is 19.4. The van der Waals surface area contributed by atoms with Crippen molar-refractivity contribution in [3.8, 4) is 0 Å². The molecule has 2 heterocycles. The second-order valence-corrected chi connectivity index (χ2v) is 4.61. The zero-order chi connectivity index (χ0) is 15.5. The van der Waals surface area contributed by atoms with Crippen LogP contribution in [0.4, 0.5) is 13.2 Å². The van der Waals surface area contributed by atoms with E-state index in [2.05, 4.69) is 14.7 Å². The van der Waals surface area contributed by atoms with Crippen LogP contribution in [0.5, 0.6) is 0 Å². The zero-order valence-electron chi connectivity index (χ0n) is 11.4. The molecule has 0 radical (unpaired) electrons. The third-order valence-corrected chi connectivity index (χ3v) is 3.04. The van der Waals surface area contributed by atoms with Crippen molar-refractivity contribution in [1.82, 2.24) is 9.97 Å². The molecule has 1 saturated heterocycles. The molecular formula is C13H15F3N2O3. The molecule has 0 amide bonds. The molecule has 1 aromatic heterocycles. The van der Waals surface area contributed by atoms with Crippen LogP contribution < -0.4 is 0 Å². The third-order valence-electron chi connectivity index (χ3n) is 3.04. The van der Waals surface area contributed by atoms with Crippen LogP contribution in [0.15, 0.2) is 6.20 Å². The molecule has 1 aliphatic rings. The lowest BCUT2D eigenvalue weighted by atomic mass is 10.1. The van der Waals surface area contributed by atoms with E-state index < -0.39 is 23.4 Å². The first kappa shape index (κ1) is 15.7. The Morgan fingerprint density at radius 2 is 2.29 bits per heavy atom. The van der Waals surface area contributed by atoms with E-state index in [9.17, 15) is 18.0 Å². The van der Waals surface area contributed by atoms with Crippen LogP contribution in [-0.2, 0) is 22.1 Å². The average molecular weight is 304 g/mol. The standard InChI is InChI=1S/C13H15F3N2O3/c1-2-20-12(19)9-7-17-10(6-8-4-3-5-21-8)18-11(9)13(14,15)16/h7-8H,2-6H2,1H3. The molecule has 0 aromatic carbocycles. The van der Waals surface area contributed by atoms with Crippen molar-refractivity contribution < 1.29 is 27.4 Å². The summed E-state index contributed by atoms with van der Waals surface area (Å²) in [7, 11) is 0. The number of alkyl halides is 3. The van der Waals surface area contributed by atoms with Crippen molar-refractivity contribution in [2.24, 2.45) is 0 Å². The van der Waals surface area contributed by atoms with E-state index >= 15 is 0 Å². The van der Waals surface area contributed by atoms with Gasteiger partial charge in [0, 0.05) is 19.2 Å². The predicted octanol–water partition coefficient (Wildman–Crippen LogP) is 2.39. The molecular weight excluding hydrogens is 289 g/mol. The van der Waals surface area contributed by atoms with E-state index in [1.807, 2.05) is 0 Å². The Morgan fingerprint density at radius 3 is 2.86 bits per heavy atom. The van der Waals surface area contributed by atoms with Crippen LogP contribution >= 0.6 is 0 Å². The number of ether oxygens (including phenoxy) is 2. The van der Waals surface area contributed by atoms with E-state index in [1.165, 1.54) is 6.92 Å². The number of carbonyl (C=O) groups is 1. The van der Waals surface area contributed by atoms with Gasteiger partial charge >= 0.3 is 12.1 Å². The summed E-state index contributed by atoms with van der Waals surface area (Å²) >= 11 is 0. The highest BCUT2D eigenvalue weighted by Gasteiger charge is 2.38. The van der Waals surface area contributed by atoms with Gasteiger partial charge in [0.2, 0.25) is 0 Å². The number of halogens is 3. The predicted molar refractivity (Wildman–Crippen MR) is 65.7 cm³/mol. The molecule has 1 fully saturated rings. The molecule has 21 heavy (non-hydrogen) atoms. The van der Waals surface area contributed by atoms with E-state index in [4.69, 9.17) is 4.74 Å². The second-order valence-electron chi connectivity index (χ2n) is 4.61. The van der Waals surface area contributed by atoms with Gasteiger partial charge in [0.05, 0.1) is 12.7 Å². The Labute approximate surface area is 119 Å². The first-order valence-corrected chi connectivity index (χ1v) is 6.63. The van der Waals surface area contributed by atoms with Crippen molar-refractivity contribution in [2.45, 2.75) is 38.5 Å².